The smallest absolute Gasteiger partial charge is 0.257 e. The van der Waals surface area contributed by atoms with E-state index >= 15 is 0 Å². The number of hydrogen-bond donors (Lipinski definition) is 2. The van der Waals surface area contributed by atoms with E-state index in [0.29, 0.717) is 12.1 Å². The lowest BCUT2D eigenvalue weighted by molar-refractivity contribution is -0.121. The van der Waals surface area contributed by atoms with Crippen LogP contribution in [0.15, 0.2) is 73.1 Å². The van der Waals surface area contributed by atoms with Gasteiger partial charge in [-0.15, -0.1) is 0 Å². The lowest BCUT2D eigenvalue weighted by Crippen LogP contribution is -2.44. The summed E-state index contributed by atoms with van der Waals surface area (Å²) < 4.78 is 5.24. The van der Waals surface area contributed by atoms with Crippen LogP contribution >= 0.6 is 0 Å². The number of hydrogen-bond acceptors (Lipinski definition) is 5. The lowest BCUT2D eigenvalue weighted by atomic mass is 10.0. The predicted octanol–water partition coefficient (Wildman–Crippen LogP) is 3.36. The summed E-state index contributed by atoms with van der Waals surface area (Å²) in [6.45, 7) is 0.694. The Morgan fingerprint density at radius 1 is 1.13 bits per heavy atom. The van der Waals surface area contributed by atoms with Crippen LogP contribution in [0, 0.1) is 0 Å². The zero-order valence-corrected chi connectivity index (χ0v) is 17.2. The van der Waals surface area contributed by atoms with E-state index in [4.69, 9.17) is 4.74 Å². The van der Waals surface area contributed by atoms with Crippen LogP contribution < -0.4 is 15.4 Å². The summed E-state index contributed by atoms with van der Waals surface area (Å²) >= 11 is 0. The van der Waals surface area contributed by atoms with E-state index in [2.05, 4.69) is 15.6 Å². The lowest BCUT2D eigenvalue weighted by Gasteiger charge is -2.38. The van der Waals surface area contributed by atoms with Crippen LogP contribution in [0.1, 0.15) is 34.1 Å². The quantitative estimate of drug-likeness (QED) is 0.617. The fourth-order valence-corrected chi connectivity index (χ4v) is 3.59. The van der Waals surface area contributed by atoms with Crippen LogP contribution in [0.3, 0.4) is 0 Å². The second kappa shape index (κ2) is 9.30. The number of aromatic nitrogens is 1. The van der Waals surface area contributed by atoms with Crippen molar-refractivity contribution in [2.45, 2.75) is 19.1 Å². The van der Waals surface area contributed by atoms with E-state index in [1.54, 1.807) is 30.5 Å². The van der Waals surface area contributed by atoms with E-state index in [1.807, 2.05) is 54.6 Å². The third-order valence-electron chi connectivity index (χ3n) is 5.25. The van der Waals surface area contributed by atoms with Crippen LogP contribution in [0.2, 0.25) is 0 Å². The summed E-state index contributed by atoms with van der Waals surface area (Å²) in [4.78, 5) is 31.4. The van der Waals surface area contributed by atoms with Gasteiger partial charge in [-0.25, -0.2) is 0 Å². The Labute approximate surface area is 181 Å². The molecule has 0 saturated heterocycles. The first-order chi connectivity index (χ1) is 15.2. The molecule has 4 rings (SSSR count). The van der Waals surface area contributed by atoms with Gasteiger partial charge in [0.2, 0.25) is 5.91 Å². The monoisotopic (exact) mass is 416 g/mol. The second-order valence-electron chi connectivity index (χ2n) is 7.25. The Kier molecular flexibility index (Phi) is 6.12. The van der Waals surface area contributed by atoms with E-state index < -0.39 is 0 Å². The highest BCUT2D eigenvalue weighted by Gasteiger charge is 2.32. The summed E-state index contributed by atoms with van der Waals surface area (Å²) in [6, 6.07) is 18.7. The van der Waals surface area contributed by atoms with Crippen LogP contribution in [-0.2, 0) is 11.3 Å². The third kappa shape index (κ3) is 4.66. The number of ether oxygens (including phenoxy) is 1. The van der Waals surface area contributed by atoms with Crippen molar-refractivity contribution in [1.82, 2.24) is 15.2 Å². The minimum atomic E-state index is -0.376. The number of carbonyl (C=O) groups is 2. The zero-order valence-electron chi connectivity index (χ0n) is 17.2. The first kappa shape index (κ1) is 20.4. The molecule has 2 heterocycles. The Morgan fingerprint density at radius 3 is 2.68 bits per heavy atom. The Balaban J connectivity index is 1.49. The average molecular weight is 416 g/mol. The number of benzene rings is 2. The molecule has 1 aromatic heterocycles. The van der Waals surface area contributed by atoms with Gasteiger partial charge in [-0.3, -0.25) is 14.6 Å². The molecule has 0 spiro atoms. The van der Waals surface area contributed by atoms with Crippen molar-refractivity contribution in [3.63, 3.8) is 0 Å². The van der Waals surface area contributed by atoms with Gasteiger partial charge in [0.05, 0.1) is 12.7 Å². The van der Waals surface area contributed by atoms with Gasteiger partial charge in [0, 0.05) is 37.6 Å². The number of carbonyl (C=O) groups excluding carboxylic acids is 2. The molecule has 1 aliphatic heterocycles. The number of nitrogens with one attached hydrogen (secondary N) is 2. The molecule has 0 bridgehead atoms. The highest BCUT2D eigenvalue weighted by atomic mass is 16.5. The Hall–Kier alpha value is -3.87. The standard InChI is InChI=1S/C24H24N4O3/c1-31-19-10-8-18(9-11-19)23-27-21-7-3-2-6-20(21)24(30)28(23)14-12-22(29)26-16-17-5-4-13-25-15-17/h2-11,13,15,23,27H,12,14,16H2,1H3,(H,26,29). The van der Waals surface area contributed by atoms with Gasteiger partial charge in [-0.2, -0.15) is 0 Å². The number of amides is 2. The van der Waals surface area contributed by atoms with Crippen molar-refractivity contribution < 1.29 is 14.3 Å². The molecule has 1 atom stereocenters. The van der Waals surface area contributed by atoms with Crippen LogP contribution in [0.4, 0.5) is 5.69 Å². The molecule has 1 unspecified atom stereocenters. The highest BCUT2D eigenvalue weighted by Crippen LogP contribution is 2.33. The molecule has 7 nitrogen and oxygen atoms in total. The van der Waals surface area contributed by atoms with Crippen molar-refractivity contribution in [1.29, 1.82) is 0 Å². The van der Waals surface area contributed by atoms with Crippen molar-refractivity contribution in [2.75, 3.05) is 19.0 Å². The van der Waals surface area contributed by atoms with Gasteiger partial charge in [0.1, 0.15) is 11.9 Å². The second-order valence-corrected chi connectivity index (χ2v) is 7.25. The van der Waals surface area contributed by atoms with Gasteiger partial charge < -0.3 is 20.3 Å². The molecular formula is C24H24N4O3. The highest BCUT2D eigenvalue weighted by molar-refractivity contribution is 6.01. The maximum absolute atomic E-state index is 13.2. The Bertz CT molecular complexity index is 1050. The number of fused-ring (bicyclic) bond motifs is 1. The summed E-state index contributed by atoms with van der Waals surface area (Å²) in [6.07, 6.45) is 3.23. The SMILES string of the molecule is COc1ccc(C2Nc3ccccc3C(=O)N2CCC(=O)NCc2cccnc2)cc1. The predicted molar refractivity (Wildman–Crippen MR) is 118 cm³/mol. The normalized spacial score (nSPS) is 15.1. The maximum atomic E-state index is 13.2. The minimum absolute atomic E-state index is 0.102. The number of rotatable bonds is 7. The largest absolute Gasteiger partial charge is 0.497 e. The van der Waals surface area contributed by atoms with E-state index in [0.717, 1.165) is 22.6 Å². The molecule has 2 N–H and O–H groups in total. The van der Waals surface area contributed by atoms with E-state index in [1.165, 1.54) is 0 Å². The molecule has 31 heavy (non-hydrogen) atoms. The number of pyridine rings is 1. The molecule has 158 valence electrons. The molecule has 0 aliphatic carbocycles. The number of anilines is 1. The number of methoxy groups -OCH3 is 1. The average Bonchev–Trinajstić information content (AvgIpc) is 2.83. The molecule has 2 amide bonds. The molecule has 7 heteroatoms. The maximum Gasteiger partial charge on any atom is 0.257 e. The molecule has 2 aromatic carbocycles. The summed E-state index contributed by atoms with van der Waals surface area (Å²) in [5, 5.41) is 6.33. The minimum Gasteiger partial charge on any atom is -0.497 e. The van der Waals surface area contributed by atoms with Crippen LogP contribution in [0.25, 0.3) is 0 Å². The van der Waals surface area contributed by atoms with Gasteiger partial charge in [0.25, 0.3) is 5.91 Å². The van der Waals surface area contributed by atoms with Crippen molar-refractivity contribution in [3.8, 4) is 5.75 Å². The first-order valence-electron chi connectivity index (χ1n) is 10.1. The molecule has 0 fully saturated rings. The molecule has 1 aliphatic rings. The zero-order chi connectivity index (χ0) is 21.6. The number of para-hydroxylation sites is 1. The molecule has 0 saturated carbocycles. The summed E-state index contributed by atoms with van der Waals surface area (Å²) in [5.41, 5.74) is 3.23. The topological polar surface area (TPSA) is 83.6 Å². The first-order valence-corrected chi connectivity index (χ1v) is 10.1. The van der Waals surface area contributed by atoms with Gasteiger partial charge in [0.15, 0.2) is 0 Å². The molecule has 0 radical (unpaired) electrons. The van der Waals surface area contributed by atoms with Crippen LogP contribution in [-0.4, -0.2) is 35.4 Å². The molecule has 3 aromatic rings. The number of nitrogens with zero attached hydrogens (tertiary/aromatic N) is 2. The van der Waals surface area contributed by atoms with Crippen molar-refractivity contribution >= 4 is 17.5 Å². The van der Waals surface area contributed by atoms with Gasteiger partial charge in [-0.1, -0.05) is 30.3 Å². The fraction of sp³-hybridized carbons (Fsp3) is 0.208. The van der Waals surface area contributed by atoms with Crippen molar-refractivity contribution in [2.24, 2.45) is 0 Å². The van der Waals surface area contributed by atoms with Gasteiger partial charge in [-0.05, 0) is 41.5 Å². The van der Waals surface area contributed by atoms with Gasteiger partial charge >= 0.3 is 0 Å². The summed E-state index contributed by atoms with van der Waals surface area (Å²) in [7, 11) is 1.62. The summed E-state index contributed by atoms with van der Waals surface area (Å²) in [5.74, 6) is 0.520. The third-order valence-corrected chi connectivity index (χ3v) is 5.25. The van der Waals surface area contributed by atoms with Crippen molar-refractivity contribution in [3.05, 3.63) is 89.7 Å². The van der Waals surface area contributed by atoms with E-state index in [-0.39, 0.29) is 30.9 Å². The fourth-order valence-electron chi connectivity index (χ4n) is 3.59. The molecular weight excluding hydrogens is 392 g/mol. The van der Waals surface area contributed by atoms with Crippen LogP contribution in [0.5, 0.6) is 5.75 Å². The Morgan fingerprint density at radius 2 is 1.94 bits per heavy atom. The van der Waals surface area contributed by atoms with E-state index in [9.17, 15) is 9.59 Å².